The summed E-state index contributed by atoms with van der Waals surface area (Å²) >= 11 is 0. The fourth-order valence-corrected chi connectivity index (χ4v) is 2.64. The van der Waals surface area contributed by atoms with Crippen LogP contribution in [0.25, 0.3) is 0 Å². The van der Waals surface area contributed by atoms with E-state index in [-0.39, 0.29) is 17.8 Å². The summed E-state index contributed by atoms with van der Waals surface area (Å²) in [6.45, 7) is 2.42. The van der Waals surface area contributed by atoms with Gasteiger partial charge in [0.15, 0.2) is 0 Å². The number of nitrogens with one attached hydrogen (secondary N) is 1. The smallest absolute Gasteiger partial charge is 0.273 e. The lowest BCUT2D eigenvalue weighted by atomic mass is 9.94. The van der Waals surface area contributed by atoms with Crippen LogP contribution in [0.4, 0.5) is 10.3 Å². The second-order valence-electron chi connectivity index (χ2n) is 5.29. The van der Waals surface area contributed by atoms with Crippen molar-refractivity contribution in [1.82, 2.24) is 14.9 Å². The third-order valence-corrected chi connectivity index (χ3v) is 3.84. The molecule has 1 aromatic carbocycles. The van der Waals surface area contributed by atoms with Gasteiger partial charge in [-0.2, -0.15) is 0 Å². The lowest BCUT2D eigenvalue weighted by molar-refractivity contribution is 0.0446. The lowest BCUT2D eigenvalue weighted by Crippen LogP contribution is -2.45. The van der Waals surface area contributed by atoms with Crippen LogP contribution in [0.1, 0.15) is 34.2 Å². The molecule has 1 aromatic heterocycles. The van der Waals surface area contributed by atoms with Crippen LogP contribution in [-0.4, -0.2) is 34.4 Å². The number of hydrogen-bond donors (Lipinski definition) is 1. The Morgan fingerprint density at radius 3 is 2.77 bits per heavy atom. The van der Waals surface area contributed by atoms with Crippen LogP contribution < -0.4 is 5.32 Å². The Bertz CT molecular complexity index is 719. The predicted octanol–water partition coefficient (Wildman–Crippen LogP) is 2.55. The van der Waals surface area contributed by atoms with Gasteiger partial charge in [-0.25, -0.2) is 14.4 Å². The minimum atomic E-state index is -0.278. The van der Waals surface area contributed by atoms with Gasteiger partial charge in [0, 0.05) is 24.8 Å². The Hall–Kier alpha value is -2.50. The zero-order valence-corrected chi connectivity index (χ0v) is 12.5. The highest BCUT2D eigenvalue weighted by atomic mass is 19.1. The Labute approximate surface area is 128 Å². The van der Waals surface area contributed by atoms with Crippen molar-refractivity contribution in [1.29, 1.82) is 0 Å². The van der Waals surface area contributed by atoms with Crippen LogP contribution >= 0.6 is 0 Å². The highest BCUT2D eigenvalue weighted by Gasteiger charge is 2.36. The highest BCUT2D eigenvalue weighted by Crippen LogP contribution is 2.35. The van der Waals surface area contributed by atoms with Gasteiger partial charge in [-0.15, -0.1) is 0 Å². The molecule has 1 saturated heterocycles. The third-order valence-electron chi connectivity index (χ3n) is 3.84. The molecule has 22 heavy (non-hydrogen) atoms. The molecule has 114 valence electrons. The van der Waals surface area contributed by atoms with Gasteiger partial charge in [0.25, 0.3) is 5.91 Å². The van der Waals surface area contributed by atoms with Crippen molar-refractivity contribution in [2.75, 3.05) is 18.9 Å². The molecule has 1 fully saturated rings. The van der Waals surface area contributed by atoms with Gasteiger partial charge in [-0.3, -0.25) is 4.79 Å². The van der Waals surface area contributed by atoms with Crippen LogP contribution in [0.2, 0.25) is 0 Å². The predicted molar refractivity (Wildman–Crippen MR) is 81.1 cm³/mol. The fourth-order valence-electron chi connectivity index (χ4n) is 2.64. The van der Waals surface area contributed by atoms with Crippen LogP contribution in [0.15, 0.2) is 30.3 Å². The van der Waals surface area contributed by atoms with Crippen molar-refractivity contribution in [3.05, 3.63) is 53.1 Å². The Kier molecular flexibility index (Phi) is 3.75. The van der Waals surface area contributed by atoms with Crippen molar-refractivity contribution in [2.45, 2.75) is 19.4 Å². The highest BCUT2D eigenvalue weighted by molar-refractivity contribution is 5.93. The van der Waals surface area contributed by atoms with Crippen molar-refractivity contribution < 1.29 is 9.18 Å². The molecule has 0 bridgehead atoms. The molecule has 1 N–H and O–H groups in total. The number of hydrogen-bond acceptors (Lipinski definition) is 4. The Morgan fingerprint density at radius 2 is 2.14 bits per heavy atom. The molecule has 1 amide bonds. The summed E-state index contributed by atoms with van der Waals surface area (Å²) in [5, 5.41) is 2.84. The zero-order chi connectivity index (χ0) is 15.7. The third kappa shape index (κ3) is 2.52. The Balaban J connectivity index is 1.87. The van der Waals surface area contributed by atoms with E-state index >= 15 is 0 Å². The van der Waals surface area contributed by atoms with Crippen molar-refractivity contribution in [3.8, 4) is 0 Å². The maximum atomic E-state index is 13.9. The van der Waals surface area contributed by atoms with Crippen molar-refractivity contribution in [2.24, 2.45) is 0 Å². The van der Waals surface area contributed by atoms with E-state index in [0.29, 0.717) is 29.4 Å². The van der Waals surface area contributed by atoms with Gasteiger partial charge < -0.3 is 10.2 Å². The second-order valence-corrected chi connectivity index (χ2v) is 5.29. The number of aryl methyl sites for hydroxylation is 1. The molecule has 2 heterocycles. The van der Waals surface area contributed by atoms with Gasteiger partial charge in [0.2, 0.25) is 5.95 Å². The van der Waals surface area contributed by atoms with E-state index in [4.69, 9.17) is 0 Å². The summed E-state index contributed by atoms with van der Waals surface area (Å²) in [4.78, 5) is 22.7. The molecular formula is C16H17FN4O. The molecular weight excluding hydrogens is 283 g/mol. The van der Waals surface area contributed by atoms with E-state index in [2.05, 4.69) is 15.3 Å². The largest absolute Gasteiger partial charge is 0.357 e. The minimum Gasteiger partial charge on any atom is -0.357 e. The quantitative estimate of drug-likeness (QED) is 0.946. The number of rotatable bonds is 3. The molecule has 1 aliphatic rings. The molecule has 0 radical (unpaired) electrons. The van der Waals surface area contributed by atoms with Gasteiger partial charge >= 0.3 is 0 Å². The zero-order valence-electron chi connectivity index (χ0n) is 12.5. The van der Waals surface area contributed by atoms with Crippen LogP contribution in [-0.2, 0) is 0 Å². The Morgan fingerprint density at radius 1 is 1.36 bits per heavy atom. The van der Waals surface area contributed by atoms with Gasteiger partial charge in [0.05, 0.1) is 6.04 Å². The van der Waals surface area contributed by atoms with Gasteiger partial charge in [-0.05, 0) is 25.5 Å². The van der Waals surface area contributed by atoms with Crippen LogP contribution in [0.3, 0.4) is 0 Å². The van der Waals surface area contributed by atoms with E-state index in [1.807, 2.05) is 6.92 Å². The number of likely N-dealkylation sites (tertiary alicyclic amines) is 1. The number of halogens is 1. The average molecular weight is 300 g/mol. The topological polar surface area (TPSA) is 58.1 Å². The minimum absolute atomic E-state index is 0.193. The summed E-state index contributed by atoms with van der Waals surface area (Å²) in [5.74, 6) is -0.0624. The summed E-state index contributed by atoms with van der Waals surface area (Å²) in [7, 11) is 1.70. The number of nitrogens with zero attached hydrogens (tertiary/aromatic N) is 3. The van der Waals surface area contributed by atoms with E-state index in [9.17, 15) is 9.18 Å². The first-order valence-electron chi connectivity index (χ1n) is 7.19. The number of carbonyl (C=O) groups is 1. The molecule has 0 aliphatic carbocycles. The van der Waals surface area contributed by atoms with E-state index < -0.39 is 0 Å². The molecule has 2 aromatic rings. The summed E-state index contributed by atoms with van der Waals surface area (Å²) in [5.41, 5.74) is 1.60. The van der Waals surface area contributed by atoms with E-state index in [0.717, 1.165) is 6.42 Å². The molecule has 0 saturated carbocycles. The average Bonchev–Trinajstić information content (AvgIpc) is 2.47. The first kappa shape index (κ1) is 14.4. The molecule has 6 heteroatoms. The first-order valence-corrected chi connectivity index (χ1v) is 7.19. The van der Waals surface area contributed by atoms with Crippen LogP contribution in [0, 0.1) is 12.7 Å². The second kappa shape index (κ2) is 5.71. The number of anilines is 1. The molecule has 0 spiro atoms. The fraction of sp³-hybridized carbons (Fsp3) is 0.312. The van der Waals surface area contributed by atoms with E-state index in [1.54, 1.807) is 36.2 Å². The molecule has 1 unspecified atom stereocenters. The number of benzene rings is 1. The summed E-state index contributed by atoms with van der Waals surface area (Å²) in [6.07, 6.45) is 0.760. The molecule has 1 aliphatic heterocycles. The maximum Gasteiger partial charge on any atom is 0.273 e. The SMILES string of the molecule is CNc1nc(C)cc(C(=O)N2CCC2c2ccccc2F)n1. The summed E-state index contributed by atoms with van der Waals surface area (Å²) in [6, 6.07) is 8.01. The first-order chi connectivity index (χ1) is 10.6. The number of amides is 1. The van der Waals surface area contributed by atoms with Gasteiger partial charge in [0.1, 0.15) is 11.5 Å². The number of aromatic nitrogens is 2. The lowest BCUT2D eigenvalue weighted by Gasteiger charge is -2.41. The molecule has 5 nitrogen and oxygen atoms in total. The monoisotopic (exact) mass is 300 g/mol. The van der Waals surface area contributed by atoms with Crippen LogP contribution in [0.5, 0.6) is 0 Å². The molecule has 3 rings (SSSR count). The van der Waals surface area contributed by atoms with Crippen molar-refractivity contribution in [3.63, 3.8) is 0 Å². The van der Waals surface area contributed by atoms with Crippen molar-refractivity contribution >= 4 is 11.9 Å². The standard InChI is InChI=1S/C16H17FN4O/c1-10-9-13(20-16(18-2)19-10)15(22)21-8-7-14(21)11-5-3-4-6-12(11)17/h3-6,9,14H,7-8H2,1-2H3,(H,18,19,20). The number of carbonyl (C=O) groups excluding carboxylic acids is 1. The van der Waals surface area contributed by atoms with Gasteiger partial charge in [-0.1, -0.05) is 18.2 Å². The van der Waals surface area contributed by atoms with E-state index in [1.165, 1.54) is 6.07 Å². The molecule has 1 atom stereocenters. The normalized spacial score (nSPS) is 17.0. The summed E-state index contributed by atoms with van der Waals surface area (Å²) < 4.78 is 13.9. The maximum absolute atomic E-state index is 13.9.